The lowest BCUT2D eigenvalue weighted by atomic mass is 10.4. The predicted molar refractivity (Wildman–Crippen MR) is 37.8 cm³/mol. The summed E-state index contributed by atoms with van der Waals surface area (Å²) in [5.74, 6) is 0. The van der Waals surface area contributed by atoms with Crippen molar-refractivity contribution in [3.63, 3.8) is 0 Å². The molecule has 0 saturated carbocycles. The van der Waals surface area contributed by atoms with Crippen molar-refractivity contribution in [1.82, 2.24) is 9.97 Å². The lowest BCUT2D eigenvalue weighted by Crippen LogP contribution is -1.92. The number of halogens is 1. The first-order valence-electron chi connectivity index (χ1n) is 2.79. The van der Waals surface area contributed by atoms with E-state index in [4.69, 9.17) is 16.3 Å². The van der Waals surface area contributed by atoms with Crippen LogP contribution in [0.3, 0.4) is 0 Å². The van der Waals surface area contributed by atoms with Crippen LogP contribution in [0.2, 0.25) is 5.28 Å². The topological polar surface area (TPSA) is 35.0 Å². The zero-order chi connectivity index (χ0) is 7.40. The summed E-state index contributed by atoms with van der Waals surface area (Å²) in [7, 11) is 1.61. The number of nitrogens with zero attached hydrogens (tertiary/aromatic N) is 2. The van der Waals surface area contributed by atoms with Crippen LogP contribution in [0.15, 0.2) is 12.3 Å². The molecule has 0 unspecified atom stereocenters. The smallest absolute Gasteiger partial charge is 0.222 e. The van der Waals surface area contributed by atoms with Crippen molar-refractivity contribution < 1.29 is 4.74 Å². The third kappa shape index (κ3) is 1.93. The molecule has 1 rings (SSSR count). The summed E-state index contributed by atoms with van der Waals surface area (Å²) < 4.78 is 4.83. The van der Waals surface area contributed by atoms with Crippen LogP contribution in [0.4, 0.5) is 0 Å². The highest BCUT2D eigenvalue weighted by molar-refractivity contribution is 6.28. The van der Waals surface area contributed by atoms with E-state index < -0.39 is 0 Å². The Balaban J connectivity index is 2.75. The van der Waals surface area contributed by atoms with E-state index in [2.05, 4.69) is 9.97 Å². The van der Waals surface area contributed by atoms with E-state index in [1.807, 2.05) is 0 Å². The molecule has 4 heteroatoms. The van der Waals surface area contributed by atoms with E-state index >= 15 is 0 Å². The second-order valence-corrected chi connectivity index (χ2v) is 2.09. The van der Waals surface area contributed by atoms with Gasteiger partial charge in [0.05, 0.1) is 12.3 Å². The molecule has 0 bridgehead atoms. The van der Waals surface area contributed by atoms with Crippen molar-refractivity contribution in [2.75, 3.05) is 7.11 Å². The van der Waals surface area contributed by atoms with Crippen LogP contribution >= 0.6 is 11.6 Å². The molecule has 0 atom stereocenters. The van der Waals surface area contributed by atoms with Crippen molar-refractivity contribution in [2.24, 2.45) is 0 Å². The summed E-state index contributed by atoms with van der Waals surface area (Å²) in [6.45, 7) is 0.474. The molecule has 0 aliphatic rings. The lowest BCUT2D eigenvalue weighted by Gasteiger charge is -1.96. The molecule has 0 saturated heterocycles. The number of methoxy groups -OCH3 is 1. The van der Waals surface area contributed by atoms with E-state index in [-0.39, 0.29) is 5.28 Å². The van der Waals surface area contributed by atoms with Gasteiger partial charge >= 0.3 is 0 Å². The summed E-state index contributed by atoms with van der Waals surface area (Å²) >= 11 is 5.50. The highest BCUT2D eigenvalue weighted by atomic mass is 35.5. The van der Waals surface area contributed by atoms with E-state index in [0.29, 0.717) is 6.61 Å². The van der Waals surface area contributed by atoms with Crippen molar-refractivity contribution >= 4 is 11.6 Å². The monoisotopic (exact) mass is 158 g/mol. The fourth-order valence-electron chi connectivity index (χ4n) is 0.598. The Bertz CT molecular complexity index is 217. The molecule has 1 heterocycles. The van der Waals surface area contributed by atoms with Crippen LogP contribution in [0, 0.1) is 0 Å². The molecule has 3 nitrogen and oxygen atoms in total. The van der Waals surface area contributed by atoms with E-state index in [0.717, 1.165) is 5.69 Å². The SMILES string of the molecule is COCc1ccnc(Cl)n1. The maximum Gasteiger partial charge on any atom is 0.222 e. The average molecular weight is 159 g/mol. The normalized spacial score (nSPS) is 9.80. The number of hydrogen-bond donors (Lipinski definition) is 0. The van der Waals surface area contributed by atoms with E-state index in [9.17, 15) is 0 Å². The Labute approximate surface area is 64.0 Å². The van der Waals surface area contributed by atoms with Gasteiger partial charge in [-0.15, -0.1) is 0 Å². The van der Waals surface area contributed by atoms with Crippen LogP contribution < -0.4 is 0 Å². The van der Waals surface area contributed by atoms with Crippen LogP contribution in [-0.2, 0) is 11.3 Å². The standard InChI is InChI=1S/C6H7ClN2O/c1-10-4-5-2-3-8-6(7)9-5/h2-3H,4H2,1H3. The van der Waals surface area contributed by atoms with Gasteiger partial charge < -0.3 is 4.74 Å². The number of hydrogen-bond acceptors (Lipinski definition) is 3. The van der Waals surface area contributed by atoms with Gasteiger partial charge in [0.25, 0.3) is 0 Å². The minimum absolute atomic E-state index is 0.259. The molecule has 1 aromatic rings. The fraction of sp³-hybridized carbons (Fsp3) is 0.333. The van der Waals surface area contributed by atoms with Gasteiger partial charge in [0.1, 0.15) is 0 Å². The molecule has 0 radical (unpaired) electrons. The average Bonchev–Trinajstić information content (AvgIpc) is 1.88. The second kappa shape index (κ2) is 3.49. The van der Waals surface area contributed by atoms with Gasteiger partial charge in [-0.05, 0) is 17.7 Å². The Morgan fingerprint density at radius 2 is 2.50 bits per heavy atom. The minimum atomic E-state index is 0.259. The Morgan fingerprint density at radius 3 is 3.10 bits per heavy atom. The van der Waals surface area contributed by atoms with Gasteiger partial charge in [-0.1, -0.05) is 0 Å². The molecule has 0 amide bonds. The maximum atomic E-state index is 5.50. The first kappa shape index (κ1) is 7.44. The highest BCUT2D eigenvalue weighted by Crippen LogP contribution is 2.00. The molecule has 54 valence electrons. The molecule has 0 spiro atoms. The number of rotatable bonds is 2. The van der Waals surface area contributed by atoms with Crippen LogP contribution in [0.5, 0.6) is 0 Å². The Morgan fingerprint density at radius 1 is 1.70 bits per heavy atom. The quantitative estimate of drug-likeness (QED) is 0.609. The van der Waals surface area contributed by atoms with Crippen LogP contribution in [0.1, 0.15) is 5.69 Å². The van der Waals surface area contributed by atoms with Crippen molar-refractivity contribution in [3.8, 4) is 0 Å². The summed E-state index contributed by atoms with van der Waals surface area (Å²) in [4.78, 5) is 7.61. The summed E-state index contributed by atoms with van der Waals surface area (Å²) in [6, 6.07) is 1.76. The van der Waals surface area contributed by atoms with Crippen molar-refractivity contribution in [2.45, 2.75) is 6.61 Å². The van der Waals surface area contributed by atoms with Crippen molar-refractivity contribution in [1.29, 1.82) is 0 Å². The molecule has 0 fully saturated rings. The highest BCUT2D eigenvalue weighted by Gasteiger charge is 1.93. The first-order chi connectivity index (χ1) is 4.83. The second-order valence-electron chi connectivity index (χ2n) is 1.75. The summed E-state index contributed by atoms with van der Waals surface area (Å²) in [5.41, 5.74) is 0.794. The third-order valence-corrected chi connectivity index (χ3v) is 1.16. The number of ether oxygens (including phenoxy) is 1. The molecule has 0 N–H and O–H groups in total. The minimum Gasteiger partial charge on any atom is -0.378 e. The van der Waals surface area contributed by atoms with Crippen LogP contribution in [-0.4, -0.2) is 17.1 Å². The molecule has 10 heavy (non-hydrogen) atoms. The van der Waals surface area contributed by atoms with Gasteiger partial charge in [0, 0.05) is 13.3 Å². The van der Waals surface area contributed by atoms with E-state index in [1.165, 1.54) is 0 Å². The summed E-state index contributed by atoms with van der Waals surface area (Å²) in [6.07, 6.45) is 1.60. The van der Waals surface area contributed by atoms with Gasteiger partial charge in [-0.2, -0.15) is 0 Å². The number of aromatic nitrogens is 2. The van der Waals surface area contributed by atoms with E-state index in [1.54, 1.807) is 19.4 Å². The molecule has 0 aliphatic heterocycles. The molecule has 0 aliphatic carbocycles. The molecular weight excluding hydrogens is 152 g/mol. The molecular formula is C6H7ClN2O. The third-order valence-electron chi connectivity index (χ3n) is 0.976. The predicted octanol–water partition coefficient (Wildman–Crippen LogP) is 1.28. The van der Waals surface area contributed by atoms with Gasteiger partial charge in [-0.3, -0.25) is 0 Å². The lowest BCUT2D eigenvalue weighted by molar-refractivity contribution is 0.181. The largest absolute Gasteiger partial charge is 0.378 e. The van der Waals surface area contributed by atoms with Crippen molar-refractivity contribution in [3.05, 3.63) is 23.2 Å². The Kier molecular flexibility index (Phi) is 2.59. The first-order valence-corrected chi connectivity index (χ1v) is 3.17. The molecule has 0 aromatic carbocycles. The van der Waals surface area contributed by atoms with Gasteiger partial charge in [-0.25, -0.2) is 9.97 Å². The van der Waals surface area contributed by atoms with Crippen LogP contribution in [0.25, 0.3) is 0 Å². The zero-order valence-electron chi connectivity index (χ0n) is 5.54. The molecule has 1 aromatic heterocycles. The summed E-state index contributed by atoms with van der Waals surface area (Å²) in [5, 5.41) is 0.259. The zero-order valence-corrected chi connectivity index (χ0v) is 6.30. The fourth-order valence-corrected chi connectivity index (χ4v) is 0.763. The van der Waals surface area contributed by atoms with Gasteiger partial charge in [0.2, 0.25) is 5.28 Å². The Hall–Kier alpha value is -0.670. The van der Waals surface area contributed by atoms with Gasteiger partial charge in [0.15, 0.2) is 0 Å². The maximum absolute atomic E-state index is 5.50.